The van der Waals surface area contributed by atoms with Gasteiger partial charge in [-0.1, -0.05) is 0 Å². The summed E-state index contributed by atoms with van der Waals surface area (Å²) in [6.45, 7) is 0. The third-order valence-electron chi connectivity index (χ3n) is 1.87. The third kappa shape index (κ3) is 1.22. The molecule has 14 heavy (non-hydrogen) atoms. The summed E-state index contributed by atoms with van der Waals surface area (Å²) in [5, 5.41) is 19.6. The minimum Gasteiger partial charge on any atom is -0.505 e. The van der Waals surface area contributed by atoms with Crippen LogP contribution in [0, 0.1) is 5.82 Å². The molecular formula is C9H5FO3S. The zero-order valence-electron chi connectivity index (χ0n) is 6.82. The van der Waals surface area contributed by atoms with Gasteiger partial charge in [-0.3, -0.25) is 0 Å². The molecule has 0 aliphatic carbocycles. The largest absolute Gasteiger partial charge is 0.505 e. The Balaban J connectivity index is 2.80. The number of phenols is 1. The molecule has 0 unspecified atom stereocenters. The highest BCUT2D eigenvalue weighted by atomic mass is 32.1. The number of carbonyl (C=O) groups is 1. The second-order valence-electron chi connectivity index (χ2n) is 2.75. The Bertz CT molecular complexity index is 518. The highest BCUT2D eigenvalue weighted by molar-refractivity contribution is 7.17. The van der Waals surface area contributed by atoms with Gasteiger partial charge in [-0.05, 0) is 12.1 Å². The minimum atomic E-state index is -1.08. The van der Waals surface area contributed by atoms with Crippen LogP contribution in [0.15, 0.2) is 17.5 Å². The average molecular weight is 212 g/mol. The predicted octanol–water partition coefficient (Wildman–Crippen LogP) is 2.44. The summed E-state index contributed by atoms with van der Waals surface area (Å²) in [6.07, 6.45) is 0. The van der Waals surface area contributed by atoms with Crippen molar-refractivity contribution in [1.29, 1.82) is 0 Å². The molecule has 0 radical (unpaired) electrons. The number of aromatic carboxylic acids is 1. The summed E-state index contributed by atoms with van der Waals surface area (Å²) < 4.78 is 13.4. The normalized spacial score (nSPS) is 10.6. The molecule has 5 heteroatoms. The fraction of sp³-hybridized carbons (Fsp3) is 0. The molecule has 0 bridgehead atoms. The van der Waals surface area contributed by atoms with Crippen molar-refractivity contribution in [2.24, 2.45) is 0 Å². The van der Waals surface area contributed by atoms with Crippen LogP contribution in [0.3, 0.4) is 0 Å². The van der Waals surface area contributed by atoms with Crippen LogP contribution in [-0.2, 0) is 0 Å². The standard InChI is InChI=1S/C9H5FO3S/c10-6-2-8-4(1-7(6)11)5(3-14-8)9(12)13/h1-3,11H,(H,12,13). The molecule has 2 N–H and O–H groups in total. The van der Waals surface area contributed by atoms with Crippen molar-refractivity contribution in [3.8, 4) is 5.75 Å². The van der Waals surface area contributed by atoms with E-state index in [1.807, 2.05) is 0 Å². The first-order chi connectivity index (χ1) is 6.59. The molecule has 1 aromatic heterocycles. The number of carboxylic acid groups (broad SMARTS) is 1. The summed E-state index contributed by atoms with van der Waals surface area (Å²) in [6, 6.07) is 2.26. The van der Waals surface area contributed by atoms with Crippen LogP contribution in [-0.4, -0.2) is 16.2 Å². The number of hydrogen-bond acceptors (Lipinski definition) is 3. The van der Waals surface area contributed by atoms with Gasteiger partial charge in [-0.15, -0.1) is 11.3 Å². The Morgan fingerprint density at radius 2 is 2.14 bits per heavy atom. The monoisotopic (exact) mass is 212 g/mol. The fourth-order valence-corrected chi connectivity index (χ4v) is 2.14. The highest BCUT2D eigenvalue weighted by Crippen LogP contribution is 2.31. The van der Waals surface area contributed by atoms with E-state index in [-0.39, 0.29) is 5.56 Å². The maximum absolute atomic E-state index is 12.9. The van der Waals surface area contributed by atoms with E-state index in [2.05, 4.69) is 0 Å². The van der Waals surface area contributed by atoms with E-state index < -0.39 is 17.5 Å². The van der Waals surface area contributed by atoms with Gasteiger partial charge in [0.25, 0.3) is 0 Å². The molecule has 0 amide bonds. The zero-order valence-corrected chi connectivity index (χ0v) is 7.64. The Hall–Kier alpha value is -1.62. The van der Waals surface area contributed by atoms with Crippen LogP contribution in [0.1, 0.15) is 10.4 Å². The van der Waals surface area contributed by atoms with Crippen LogP contribution < -0.4 is 0 Å². The number of aromatic hydroxyl groups is 1. The number of thiophene rings is 1. The van der Waals surface area contributed by atoms with E-state index in [0.29, 0.717) is 10.1 Å². The highest BCUT2D eigenvalue weighted by Gasteiger charge is 2.13. The summed E-state index contributed by atoms with van der Waals surface area (Å²) in [5.41, 5.74) is 0.0836. The van der Waals surface area contributed by atoms with Gasteiger partial charge < -0.3 is 10.2 Å². The number of benzene rings is 1. The maximum Gasteiger partial charge on any atom is 0.337 e. The molecule has 72 valence electrons. The summed E-state index contributed by atoms with van der Waals surface area (Å²) in [7, 11) is 0. The van der Waals surface area contributed by atoms with E-state index in [0.717, 1.165) is 23.5 Å². The van der Waals surface area contributed by atoms with Crippen LogP contribution in [0.2, 0.25) is 0 Å². The molecule has 0 spiro atoms. The molecular weight excluding hydrogens is 207 g/mol. The van der Waals surface area contributed by atoms with Gasteiger partial charge in [0.2, 0.25) is 0 Å². The Morgan fingerprint density at radius 3 is 2.79 bits per heavy atom. The van der Waals surface area contributed by atoms with Crippen molar-refractivity contribution >= 4 is 27.4 Å². The van der Waals surface area contributed by atoms with Gasteiger partial charge in [-0.2, -0.15) is 0 Å². The number of hydrogen-bond donors (Lipinski definition) is 2. The van der Waals surface area contributed by atoms with E-state index in [1.165, 1.54) is 5.38 Å². The summed E-state index contributed by atoms with van der Waals surface area (Å²) >= 11 is 1.13. The second kappa shape index (κ2) is 2.95. The van der Waals surface area contributed by atoms with Crippen molar-refractivity contribution in [3.63, 3.8) is 0 Å². The lowest BCUT2D eigenvalue weighted by atomic mass is 10.1. The molecule has 2 rings (SSSR count). The third-order valence-corrected chi connectivity index (χ3v) is 2.82. The smallest absolute Gasteiger partial charge is 0.337 e. The molecule has 0 saturated heterocycles. The van der Waals surface area contributed by atoms with Crippen molar-refractivity contribution in [3.05, 3.63) is 28.9 Å². The number of rotatable bonds is 1. The molecule has 0 fully saturated rings. The molecule has 0 atom stereocenters. The molecule has 2 aromatic rings. The van der Waals surface area contributed by atoms with Gasteiger partial charge in [0.1, 0.15) is 0 Å². The second-order valence-corrected chi connectivity index (χ2v) is 3.67. The number of phenolic OH excluding ortho intramolecular Hbond substituents is 1. The topological polar surface area (TPSA) is 57.5 Å². The van der Waals surface area contributed by atoms with Gasteiger partial charge in [0.05, 0.1) is 5.56 Å². The molecule has 3 nitrogen and oxygen atoms in total. The Kier molecular flexibility index (Phi) is 1.89. The van der Waals surface area contributed by atoms with Crippen molar-refractivity contribution in [2.75, 3.05) is 0 Å². The van der Waals surface area contributed by atoms with E-state index in [1.54, 1.807) is 0 Å². The van der Waals surface area contributed by atoms with Crippen LogP contribution >= 0.6 is 11.3 Å². The molecule has 0 saturated carbocycles. The molecule has 0 aliphatic heterocycles. The van der Waals surface area contributed by atoms with Crippen LogP contribution in [0.25, 0.3) is 10.1 Å². The van der Waals surface area contributed by atoms with Gasteiger partial charge in [-0.25, -0.2) is 9.18 Å². The van der Waals surface area contributed by atoms with E-state index in [9.17, 15) is 9.18 Å². The van der Waals surface area contributed by atoms with Crippen LogP contribution in [0.4, 0.5) is 4.39 Å². The number of carboxylic acids is 1. The molecule has 1 aromatic carbocycles. The average Bonchev–Trinajstić information content (AvgIpc) is 2.48. The summed E-state index contributed by atoms with van der Waals surface area (Å²) in [4.78, 5) is 10.7. The van der Waals surface area contributed by atoms with Crippen molar-refractivity contribution < 1.29 is 19.4 Å². The predicted molar refractivity (Wildman–Crippen MR) is 50.4 cm³/mol. The molecule has 1 heterocycles. The quantitative estimate of drug-likeness (QED) is 0.763. The number of halogens is 1. The van der Waals surface area contributed by atoms with Gasteiger partial charge in [0, 0.05) is 15.5 Å². The minimum absolute atomic E-state index is 0.0836. The van der Waals surface area contributed by atoms with Gasteiger partial charge in [0.15, 0.2) is 11.6 Å². The number of fused-ring (bicyclic) bond motifs is 1. The maximum atomic E-state index is 12.9. The fourth-order valence-electron chi connectivity index (χ4n) is 1.20. The van der Waals surface area contributed by atoms with Crippen LogP contribution in [0.5, 0.6) is 5.75 Å². The Labute approximate surface area is 82.0 Å². The lowest BCUT2D eigenvalue weighted by Crippen LogP contribution is -1.93. The lowest BCUT2D eigenvalue weighted by Gasteiger charge is -1.96. The SMILES string of the molecule is O=C(O)c1csc2cc(F)c(O)cc12. The zero-order chi connectivity index (χ0) is 10.3. The lowest BCUT2D eigenvalue weighted by molar-refractivity contribution is 0.0699. The van der Waals surface area contributed by atoms with E-state index >= 15 is 0 Å². The van der Waals surface area contributed by atoms with E-state index in [4.69, 9.17) is 10.2 Å². The van der Waals surface area contributed by atoms with Crippen molar-refractivity contribution in [2.45, 2.75) is 0 Å². The first kappa shape index (κ1) is 8.96. The van der Waals surface area contributed by atoms with Gasteiger partial charge >= 0.3 is 5.97 Å². The van der Waals surface area contributed by atoms with Crippen molar-refractivity contribution in [1.82, 2.24) is 0 Å². The first-order valence-corrected chi connectivity index (χ1v) is 4.60. The Morgan fingerprint density at radius 1 is 1.43 bits per heavy atom. The first-order valence-electron chi connectivity index (χ1n) is 3.72. The molecule has 0 aliphatic rings. The summed E-state index contributed by atoms with van der Waals surface area (Å²) in [5.74, 6) is -2.35.